The van der Waals surface area contributed by atoms with Crippen molar-refractivity contribution in [3.63, 3.8) is 0 Å². The summed E-state index contributed by atoms with van der Waals surface area (Å²) in [6, 6.07) is 18.2. The quantitative estimate of drug-likeness (QED) is 0.477. The smallest absolute Gasteiger partial charge is 0.232 e. The predicted molar refractivity (Wildman–Crippen MR) is 116 cm³/mol. The van der Waals surface area contributed by atoms with E-state index in [4.69, 9.17) is 0 Å². The minimum Gasteiger partial charge on any atom is -0.360 e. The molecule has 0 aliphatic rings. The molecule has 0 aliphatic carbocycles. The van der Waals surface area contributed by atoms with Gasteiger partial charge in [-0.25, -0.2) is 4.98 Å². The van der Waals surface area contributed by atoms with Crippen LogP contribution in [-0.2, 0) is 4.79 Å². The molecular weight excluding hydrogens is 380 g/mol. The highest BCUT2D eigenvalue weighted by Crippen LogP contribution is 2.42. The van der Waals surface area contributed by atoms with Gasteiger partial charge in [0.25, 0.3) is 0 Å². The molecule has 144 valence electrons. The molecule has 0 saturated heterocycles. The van der Waals surface area contributed by atoms with Gasteiger partial charge in [0.2, 0.25) is 5.91 Å². The topological polar surface area (TPSA) is 81.6 Å². The molecule has 0 aliphatic heterocycles. The third-order valence-electron chi connectivity index (χ3n) is 5.25. The van der Waals surface area contributed by atoms with Crippen molar-refractivity contribution in [1.82, 2.24) is 9.97 Å². The van der Waals surface area contributed by atoms with Crippen molar-refractivity contribution in [3.8, 4) is 6.07 Å². The Morgan fingerprint density at radius 1 is 1.21 bits per heavy atom. The van der Waals surface area contributed by atoms with Crippen molar-refractivity contribution in [2.75, 3.05) is 5.32 Å². The number of rotatable bonds is 5. The first-order valence-corrected chi connectivity index (χ1v) is 10.2. The first kappa shape index (κ1) is 18.9. The van der Waals surface area contributed by atoms with Gasteiger partial charge in [-0.1, -0.05) is 50.2 Å². The second-order valence-electron chi connectivity index (χ2n) is 7.48. The van der Waals surface area contributed by atoms with Crippen LogP contribution in [0.25, 0.3) is 10.9 Å². The monoisotopic (exact) mass is 400 g/mol. The normalized spacial score (nSPS) is 12.4. The number of amides is 1. The second kappa shape index (κ2) is 7.53. The third-order valence-corrected chi connectivity index (χ3v) is 5.94. The highest BCUT2D eigenvalue weighted by Gasteiger charge is 2.39. The van der Waals surface area contributed by atoms with Gasteiger partial charge in [-0.3, -0.25) is 4.79 Å². The van der Waals surface area contributed by atoms with Crippen LogP contribution >= 0.6 is 11.3 Å². The van der Waals surface area contributed by atoms with Crippen molar-refractivity contribution in [2.24, 2.45) is 5.41 Å². The van der Waals surface area contributed by atoms with Crippen LogP contribution in [0.2, 0.25) is 0 Å². The number of carbonyl (C=O) groups excluding carboxylic acids is 1. The maximum atomic E-state index is 13.3. The Bertz CT molecular complexity index is 1190. The zero-order valence-electron chi connectivity index (χ0n) is 16.1. The van der Waals surface area contributed by atoms with E-state index in [0.717, 1.165) is 22.0 Å². The van der Waals surface area contributed by atoms with Gasteiger partial charge in [-0.05, 0) is 23.3 Å². The van der Waals surface area contributed by atoms with Crippen LogP contribution in [0, 0.1) is 16.7 Å². The molecule has 6 heteroatoms. The van der Waals surface area contributed by atoms with Crippen LogP contribution in [0.5, 0.6) is 0 Å². The highest BCUT2D eigenvalue weighted by atomic mass is 32.1. The fourth-order valence-corrected chi connectivity index (χ4v) is 4.28. The Labute approximate surface area is 173 Å². The molecule has 2 aromatic heterocycles. The summed E-state index contributed by atoms with van der Waals surface area (Å²) in [6.45, 7) is 3.89. The maximum absolute atomic E-state index is 13.3. The molecule has 2 heterocycles. The largest absolute Gasteiger partial charge is 0.360 e. The summed E-state index contributed by atoms with van der Waals surface area (Å²) in [5.41, 5.74) is 2.77. The fourth-order valence-electron chi connectivity index (χ4n) is 3.76. The van der Waals surface area contributed by atoms with E-state index >= 15 is 0 Å². The molecule has 0 fully saturated rings. The second-order valence-corrected chi connectivity index (χ2v) is 8.37. The summed E-state index contributed by atoms with van der Waals surface area (Å²) in [5.74, 6) is -0.300. The van der Waals surface area contributed by atoms with Crippen molar-refractivity contribution in [2.45, 2.75) is 19.8 Å². The molecule has 29 heavy (non-hydrogen) atoms. The van der Waals surface area contributed by atoms with Crippen LogP contribution in [-0.4, -0.2) is 15.9 Å². The van der Waals surface area contributed by atoms with E-state index in [1.54, 1.807) is 12.4 Å². The zero-order valence-corrected chi connectivity index (χ0v) is 17.0. The molecule has 4 aromatic rings. The molecule has 2 N–H and O–H groups in total. The molecule has 0 bridgehead atoms. The first-order chi connectivity index (χ1) is 14.0. The van der Waals surface area contributed by atoms with Crippen LogP contribution < -0.4 is 5.32 Å². The number of benzene rings is 2. The zero-order chi connectivity index (χ0) is 20.4. The lowest BCUT2D eigenvalue weighted by molar-refractivity contribution is -0.124. The van der Waals surface area contributed by atoms with Gasteiger partial charge < -0.3 is 10.3 Å². The maximum Gasteiger partial charge on any atom is 0.232 e. The summed E-state index contributed by atoms with van der Waals surface area (Å²) in [7, 11) is 0. The summed E-state index contributed by atoms with van der Waals surface area (Å²) in [5, 5.41) is 15.7. The van der Waals surface area contributed by atoms with Crippen molar-refractivity contribution in [3.05, 3.63) is 83.0 Å². The Balaban J connectivity index is 1.82. The number of nitriles is 1. The Morgan fingerprint density at radius 3 is 2.69 bits per heavy atom. The van der Waals surface area contributed by atoms with Crippen LogP contribution in [0.4, 0.5) is 5.13 Å². The summed E-state index contributed by atoms with van der Waals surface area (Å²) < 4.78 is 0. The lowest BCUT2D eigenvalue weighted by atomic mass is 9.70. The van der Waals surface area contributed by atoms with Crippen LogP contribution in [0.15, 0.2) is 66.3 Å². The Hall–Kier alpha value is -3.43. The van der Waals surface area contributed by atoms with Crippen molar-refractivity contribution in [1.29, 1.82) is 5.26 Å². The van der Waals surface area contributed by atoms with Gasteiger partial charge in [-0.15, -0.1) is 11.3 Å². The highest BCUT2D eigenvalue weighted by molar-refractivity contribution is 7.13. The Kier molecular flexibility index (Phi) is 4.91. The van der Waals surface area contributed by atoms with Gasteiger partial charge in [0.15, 0.2) is 5.13 Å². The van der Waals surface area contributed by atoms with Gasteiger partial charge in [0.1, 0.15) is 6.07 Å². The molecule has 0 radical (unpaired) electrons. The first-order valence-electron chi connectivity index (χ1n) is 9.27. The van der Waals surface area contributed by atoms with Gasteiger partial charge in [0, 0.05) is 34.6 Å². The minimum atomic E-state index is -0.760. The SMILES string of the molecule is CC(C)(C(=O)Nc1nccs1)C(c1ccccc1)c1ccc2[nH]cc(C#N)c2c1. The summed E-state index contributed by atoms with van der Waals surface area (Å²) in [6.07, 6.45) is 3.39. The van der Waals surface area contributed by atoms with Crippen molar-refractivity contribution < 1.29 is 4.79 Å². The standard InChI is InChI=1S/C23H20N4OS/c1-23(2,21(28)27-22-25-10-11-29-22)20(15-6-4-3-5-7-15)16-8-9-19-18(12-16)17(13-24)14-26-19/h3-12,14,20,26H,1-2H3,(H,25,27,28). The molecule has 5 nitrogen and oxygen atoms in total. The average Bonchev–Trinajstić information content (AvgIpc) is 3.38. The number of hydrogen-bond acceptors (Lipinski definition) is 4. The molecule has 1 unspecified atom stereocenters. The number of fused-ring (bicyclic) bond motifs is 1. The number of H-pyrrole nitrogens is 1. The van der Waals surface area contributed by atoms with Crippen LogP contribution in [0.3, 0.4) is 0 Å². The van der Waals surface area contributed by atoms with E-state index in [0.29, 0.717) is 10.7 Å². The molecule has 1 amide bonds. The molecular formula is C23H20N4OS. The van der Waals surface area contributed by atoms with Gasteiger partial charge in [-0.2, -0.15) is 5.26 Å². The number of nitrogens with zero attached hydrogens (tertiary/aromatic N) is 2. The van der Waals surface area contributed by atoms with E-state index in [9.17, 15) is 10.1 Å². The number of thiazole rings is 1. The fraction of sp³-hybridized carbons (Fsp3) is 0.174. The molecule has 0 saturated carbocycles. The molecule has 4 rings (SSSR count). The van der Waals surface area contributed by atoms with Crippen molar-refractivity contribution >= 4 is 33.3 Å². The lowest BCUT2D eigenvalue weighted by Crippen LogP contribution is -2.37. The third kappa shape index (κ3) is 3.53. The van der Waals surface area contributed by atoms with E-state index in [2.05, 4.69) is 21.4 Å². The average molecular weight is 401 g/mol. The van der Waals surface area contributed by atoms with E-state index in [1.165, 1.54) is 11.3 Å². The minimum absolute atomic E-state index is 0.101. The molecule has 0 spiro atoms. The number of aromatic nitrogens is 2. The number of aromatic amines is 1. The van der Waals surface area contributed by atoms with Gasteiger partial charge >= 0.3 is 0 Å². The number of hydrogen-bond donors (Lipinski definition) is 2. The van der Waals surface area contributed by atoms with Gasteiger partial charge in [0.05, 0.1) is 11.0 Å². The van der Waals surface area contributed by atoms with E-state index < -0.39 is 5.41 Å². The lowest BCUT2D eigenvalue weighted by Gasteiger charge is -2.34. The van der Waals surface area contributed by atoms with Crippen LogP contribution in [0.1, 0.15) is 36.5 Å². The number of carbonyl (C=O) groups is 1. The van der Waals surface area contributed by atoms with E-state index in [1.807, 2.05) is 67.8 Å². The molecule has 2 aromatic carbocycles. The Morgan fingerprint density at radius 2 is 2.00 bits per heavy atom. The molecule has 1 atom stereocenters. The summed E-state index contributed by atoms with van der Waals surface area (Å²) >= 11 is 1.40. The number of nitrogens with one attached hydrogen (secondary N) is 2. The van der Waals surface area contributed by atoms with E-state index in [-0.39, 0.29) is 11.8 Å². The number of anilines is 1. The summed E-state index contributed by atoms with van der Waals surface area (Å²) in [4.78, 5) is 20.6. The predicted octanol–water partition coefficient (Wildman–Crippen LogP) is 5.29.